The summed E-state index contributed by atoms with van der Waals surface area (Å²) in [6, 6.07) is 0. The highest BCUT2D eigenvalue weighted by molar-refractivity contribution is 5.69. The van der Waals surface area contributed by atoms with Crippen molar-refractivity contribution in [1.29, 1.82) is 0 Å². The van der Waals surface area contributed by atoms with Crippen molar-refractivity contribution in [2.75, 3.05) is 13.2 Å². The minimum atomic E-state index is -1.51. The van der Waals surface area contributed by atoms with E-state index in [9.17, 15) is 25.2 Å². The largest absolute Gasteiger partial charge is 0.460 e. The molecule has 1 aliphatic heterocycles. The maximum Gasteiger partial charge on any atom is 0.306 e. The van der Waals surface area contributed by atoms with Gasteiger partial charge in [0.1, 0.15) is 30.5 Å². The van der Waals surface area contributed by atoms with Crippen molar-refractivity contribution in [2.24, 2.45) is 0 Å². The predicted octanol–water partition coefficient (Wildman–Crippen LogP) is 12.2. The first-order chi connectivity index (χ1) is 28.4. The van der Waals surface area contributed by atoms with Gasteiger partial charge in [0, 0.05) is 19.3 Å². The lowest BCUT2D eigenvalue weighted by atomic mass is 9.99. The Kier molecular flexibility index (Phi) is 38.9. The number of esters is 1. The van der Waals surface area contributed by atoms with Gasteiger partial charge in [0.2, 0.25) is 0 Å². The monoisotopic (exact) mass is 823 g/mol. The molecule has 0 aromatic rings. The maximum atomic E-state index is 12.9. The number of hydrogen-bond donors (Lipinski definition) is 4. The summed E-state index contributed by atoms with van der Waals surface area (Å²) in [7, 11) is 0. The second kappa shape index (κ2) is 41.2. The third-order valence-corrected chi connectivity index (χ3v) is 11.9. The summed E-state index contributed by atoms with van der Waals surface area (Å²) in [4.78, 5) is 12.9. The maximum absolute atomic E-state index is 12.9. The van der Waals surface area contributed by atoms with Gasteiger partial charge in [0.05, 0.1) is 13.2 Å². The SMILES string of the molecule is CCCCCCC#CCCCCCCCC[C@@H](CO[C@H]1O[C@H](CO)[C@H](O)[C@@H](O)[C@H]1O)OC(=O)CCCCCCCCCCCCCCCCCCCCCCCCC. The van der Waals surface area contributed by atoms with E-state index in [0.717, 1.165) is 64.2 Å². The van der Waals surface area contributed by atoms with E-state index in [1.165, 1.54) is 161 Å². The average molecular weight is 823 g/mol. The van der Waals surface area contributed by atoms with Gasteiger partial charge in [0.15, 0.2) is 6.29 Å². The molecule has 58 heavy (non-hydrogen) atoms. The minimum absolute atomic E-state index is 0.00491. The van der Waals surface area contributed by atoms with Gasteiger partial charge in [-0.25, -0.2) is 0 Å². The molecule has 0 aromatic heterocycles. The molecule has 0 spiro atoms. The van der Waals surface area contributed by atoms with Gasteiger partial charge < -0.3 is 34.6 Å². The summed E-state index contributed by atoms with van der Waals surface area (Å²) in [6.07, 6.45) is 38.0. The first-order valence-electron chi connectivity index (χ1n) is 25.0. The molecule has 1 saturated heterocycles. The van der Waals surface area contributed by atoms with Crippen molar-refractivity contribution in [2.45, 2.75) is 288 Å². The third-order valence-electron chi connectivity index (χ3n) is 11.9. The lowest BCUT2D eigenvalue weighted by molar-refractivity contribution is -0.304. The Labute approximate surface area is 357 Å². The van der Waals surface area contributed by atoms with Crippen molar-refractivity contribution in [1.82, 2.24) is 0 Å². The van der Waals surface area contributed by atoms with Crippen LogP contribution in [-0.2, 0) is 19.0 Å². The van der Waals surface area contributed by atoms with E-state index < -0.39 is 43.4 Å². The number of unbranched alkanes of at least 4 members (excludes halogenated alkanes) is 32. The Morgan fingerprint density at radius 2 is 0.897 bits per heavy atom. The Hall–Kier alpha value is -1.21. The van der Waals surface area contributed by atoms with E-state index in [-0.39, 0.29) is 12.6 Å². The van der Waals surface area contributed by atoms with Gasteiger partial charge in [-0.3, -0.25) is 4.79 Å². The van der Waals surface area contributed by atoms with Crippen LogP contribution in [0, 0.1) is 11.8 Å². The van der Waals surface area contributed by atoms with Crippen molar-refractivity contribution in [3.8, 4) is 11.8 Å². The Morgan fingerprint density at radius 1 is 0.517 bits per heavy atom. The van der Waals surface area contributed by atoms with Crippen LogP contribution in [0.15, 0.2) is 0 Å². The zero-order valence-electron chi connectivity index (χ0n) is 38.0. The number of aliphatic hydroxyl groups is 4. The summed E-state index contributed by atoms with van der Waals surface area (Å²) in [5, 5.41) is 40.2. The molecule has 8 nitrogen and oxygen atoms in total. The Bertz CT molecular complexity index is 948. The van der Waals surface area contributed by atoms with Crippen molar-refractivity contribution in [3.63, 3.8) is 0 Å². The summed E-state index contributed by atoms with van der Waals surface area (Å²) in [5.74, 6) is 6.39. The van der Waals surface area contributed by atoms with Gasteiger partial charge in [-0.05, 0) is 32.1 Å². The third kappa shape index (κ3) is 31.6. The molecule has 6 atom stereocenters. The fourth-order valence-electron chi connectivity index (χ4n) is 7.99. The molecule has 1 fully saturated rings. The van der Waals surface area contributed by atoms with Crippen LogP contribution >= 0.6 is 0 Å². The molecule has 0 aromatic carbocycles. The predicted molar refractivity (Wildman–Crippen MR) is 240 cm³/mol. The number of carbonyl (C=O) groups excluding carboxylic acids is 1. The summed E-state index contributed by atoms with van der Waals surface area (Å²) >= 11 is 0. The van der Waals surface area contributed by atoms with Crippen molar-refractivity contribution in [3.05, 3.63) is 0 Å². The first-order valence-corrected chi connectivity index (χ1v) is 25.0. The first kappa shape index (κ1) is 54.8. The van der Waals surface area contributed by atoms with Crippen molar-refractivity contribution < 1.29 is 39.4 Å². The number of rotatable bonds is 41. The summed E-state index contributed by atoms with van der Waals surface area (Å²) < 4.78 is 17.2. The second-order valence-electron chi connectivity index (χ2n) is 17.5. The van der Waals surface area contributed by atoms with Crippen LogP contribution in [0.4, 0.5) is 0 Å². The average Bonchev–Trinajstić information content (AvgIpc) is 3.22. The van der Waals surface area contributed by atoms with E-state index in [4.69, 9.17) is 14.2 Å². The molecule has 342 valence electrons. The number of aliphatic hydroxyl groups excluding tert-OH is 4. The highest BCUT2D eigenvalue weighted by Gasteiger charge is 2.44. The molecule has 0 saturated carbocycles. The van der Waals surface area contributed by atoms with E-state index in [2.05, 4.69) is 25.7 Å². The fraction of sp³-hybridized carbons (Fsp3) is 0.940. The molecule has 1 heterocycles. The molecule has 1 aliphatic rings. The van der Waals surface area contributed by atoms with Crippen molar-refractivity contribution >= 4 is 5.97 Å². The fourth-order valence-corrected chi connectivity index (χ4v) is 7.99. The Balaban J connectivity index is 2.17. The lowest BCUT2D eigenvalue weighted by Crippen LogP contribution is -2.59. The molecule has 0 bridgehead atoms. The molecule has 1 rings (SSSR count). The quantitative estimate of drug-likeness (QED) is 0.0273. The summed E-state index contributed by atoms with van der Waals surface area (Å²) in [5.41, 5.74) is 0. The van der Waals surface area contributed by atoms with Crippen LogP contribution < -0.4 is 0 Å². The van der Waals surface area contributed by atoms with Gasteiger partial charge in [-0.1, -0.05) is 200 Å². The molecule has 0 unspecified atom stereocenters. The normalized spacial score (nSPS) is 19.9. The summed E-state index contributed by atoms with van der Waals surface area (Å²) in [6.45, 7) is 4.00. The highest BCUT2D eigenvalue weighted by Crippen LogP contribution is 2.23. The topological polar surface area (TPSA) is 126 Å². The van der Waals surface area contributed by atoms with Crippen LogP contribution in [0.25, 0.3) is 0 Å². The Morgan fingerprint density at radius 3 is 1.33 bits per heavy atom. The van der Waals surface area contributed by atoms with E-state index in [1.54, 1.807) is 0 Å². The zero-order valence-corrected chi connectivity index (χ0v) is 38.0. The molecular weight excluding hydrogens is 729 g/mol. The standard InChI is InChI=1S/C50H94O8/c1-3-5-7-9-11-13-15-17-19-20-21-22-23-24-25-26-27-29-31-33-35-37-39-41-46(52)57-44(43-56-50-49(55)48(54)47(53)45(42-51)58-50)40-38-36-34-32-30-28-18-16-14-12-10-8-6-4-2/h44-45,47-51,53-55H,3-13,15,17-43H2,1-2H3/t44-,45+,47-,48+,49+,50-/m0/s1. The van der Waals surface area contributed by atoms with E-state index in [0.29, 0.717) is 12.8 Å². The van der Waals surface area contributed by atoms with E-state index in [1.807, 2.05) is 0 Å². The van der Waals surface area contributed by atoms with Crippen LogP contribution in [0.2, 0.25) is 0 Å². The van der Waals surface area contributed by atoms with Gasteiger partial charge in [-0.15, -0.1) is 11.8 Å². The smallest absolute Gasteiger partial charge is 0.306 e. The highest BCUT2D eigenvalue weighted by atomic mass is 16.7. The molecule has 8 heteroatoms. The molecule has 4 N–H and O–H groups in total. The zero-order chi connectivity index (χ0) is 42.2. The number of hydrogen-bond acceptors (Lipinski definition) is 8. The minimum Gasteiger partial charge on any atom is -0.460 e. The van der Waals surface area contributed by atoms with Gasteiger partial charge >= 0.3 is 5.97 Å². The second-order valence-corrected chi connectivity index (χ2v) is 17.5. The number of carbonyl (C=O) groups is 1. The van der Waals surface area contributed by atoms with Crippen LogP contribution in [0.1, 0.15) is 251 Å². The van der Waals surface area contributed by atoms with Gasteiger partial charge in [-0.2, -0.15) is 0 Å². The lowest BCUT2D eigenvalue weighted by Gasteiger charge is -2.39. The molecule has 0 radical (unpaired) electrons. The van der Waals surface area contributed by atoms with Crippen LogP contribution in [0.3, 0.4) is 0 Å². The van der Waals surface area contributed by atoms with E-state index >= 15 is 0 Å². The van der Waals surface area contributed by atoms with Gasteiger partial charge in [0.25, 0.3) is 0 Å². The number of ether oxygens (including phenoxy) is 3. The molecular formula is C50H94O8. The molecule has 0 amide bonds. The van der Waals surface area contributed by atoms with Crippen LogP contribution in [0.5, 0.6) is 0 Å². The molecule has 0 aliphatic carbocycles. The van der Waals surface area contributed by atoms with Crippen LogP contribution in [-0.4, -0.2) is 76.4 Å².